The van der Waals surface area contributed by atoms with Gasteiger partial charge in [-0.25, -0.2) is 15.0 Å². The van der Waals surface area contributed by atoms with Crippen LogP contribution in [0.15, 0.2) is 47.6 Å². The van der Waals surface area contributed by atoms with Crippen LogP contribution in [0.2, 0.25) is 0 Å². The maximum absolute atomic E-state index is 13.4. The number of halogens is 1. The predicted octanol–water partition coefficient (Wildman–Crippen LogP) is 3.26. The third-order valence-corrected chi connectivity index (χ3v) is 11.1. The molecule has 5 aliphatic rings. The van der Waals surface area contributed by atoms with E-state index in [1.54, 1.807) is 6.07 Å². The lowest BCUT2D eigenvalue weighted by atomic mass is 9.49. The molecule has 2 aromatic rings. The summed E-state index contributed by atoms with van der Waals surface area (Å²) in [6.07, 6.45) is 4.28. The van der Waals surface area contributed by atoms with E-state index in [0.29, 0.717) is 43.1 Å². The molecule has 2 heterocycles. The highest BCUT2D eigenvalue weighted by molar-refractivity contribution is 5.96. The lowest BCUT2D eigenvalue weighted by molar-refractivity contribution is -0.166. The van der Waals surface area contributed by atoms with Gasteiger partial charge in [0.2, 0.25) is 5.91 Å². The second kappa shape index (κ2) is 13.4. The molecule has 3 fully saturated rings. The van der Waals surface area contributed by atoms with Gasteiger partial charge in [-0.05, 0) is 80.5 Å². The van der Waals surface area contributed by atoms with E-state index < -0.39 is 47.1 Å². The molecule has 4 unspecified atom stereocenters. The Hall–Kier alpha value is -3.87. The van der Waals surface area contributed by atoms with Crippen molar-refractivity contribution in [2.75, 3.05) is 13.1 Å². The Labute approximate surface area is 292 Å². The lowest BCUT2D eigenvalue weighted by Gasteiger charge is -2.63. The van der Waals surface area contributed by atoms with Crippen molar-refractivity contribution >= 4 is 36.0 Å². The minimum absolute atomic E-state index is 0. The third kappa shape index (κ3) is 6.23. The first-order valence-corrected chi connectivity index (χ1v) is 17.2. The first-order valence-electron chi connectivity index (χ1n) is 17.2. The van der Waals surface area contributed by atoms with E-state index in [-0.39, 0.29) is 43.0 Å². The highest BCUT2D eigenvalue weighted by Gasteiger charge is 2.72. The molecule has 6 N–H and O–H groups in total. The van der Waals surface area contributed by atoms with E-state index >= 15 is 0 Å². The Bertz CT molecular complexity index is 1630. The Morgan fingerprint density at radius 1 is 1.06 bits per heavy atom. The van der Waals surface area contributed by atoms with Crippen molar-refractivity contribution in [2.24, 2.45) is 16.9 Å². The number of likely N-dealkylation sites (tertiary alicyclic amines) is 1. The number of aliphatic carboxylic acids is 1. The number of hydrazone groups is 1. The molecule has 3 aliphatic carbocycles. The maximum atomic E-state index is 13.4. The summed E-state index contributed by atoms with van der Waals surface area (Å²) in [4.78, 5) is 41.1. The first kappa shape index (κ1) is 35.0. The number of hydrogen-bond donors (Lipinski definition) is 6. The fraction of sp³-hybridized carbons (Fsp3) is 0.556. The number of phenolic OH excluding ortho intramolecular Hbond substituents is 1. The molecular formula is C36H46ClN5O7. The van der Waals surface area contributed by atoms with Crippen LogP contribution in [0.5, 0.6) is 11.5 Å². The van der Waals surface area contributed by atoms with Gasteiger partial charge in [0.05, 0.1) is 16.7 Å². The molecule has 2 saturated carbocycles. The maximum Gasteiger partial charge on any atom is 0.335 e. The number of urea groups is 1. The normalized spacial score (nSPS) is 28.4. The SMILES string of the molecule is CC(C)CC(NC(=O)C(Cc1ccccc1)NC(=O)N/N=C1/CC[C@@]2(O)C3Cc4ccc(O)c5c4C2(CCN3CC2CC2)[C@H]1O5)C(=O)O.Cl. The van der Waals surface area contributed by atoms with Crippen LogP contribution < -0.4 is 20.8 Å². The zero-order valence-electron chi connectivity index (χ0n) is 27.9. The van der Waals surface area contributed by atoms with Crippen LogP contribution in [0.1, 0.15) is 69.1 Å². The first-order chi connectivity index (χ1) is 23.0. The molecule has 264 valence electrons. The summed E-state index contributed by atoms with van der Waals surface area (Å²) in [5.74, 6) is -0.631. The van der Waals surface area contributed by atoms with E-state index in [1.165, 1.54) is 12.8 Å². The number of carboxylic acid groups (broad SMARTS) is 1. The average molecular weight is 696 g/mol. The van der Waals surface area contributed by atoms with Crippen LogP contribution in [-0.4, -0.2) is 86.8 Å². The number of aromatic hydroxyl groups is 1. The molecule has 1 saturated heterocycles. The number of nitrogens with one attached hydrogen (secondary N) is 3. The zero-order chi connectivity index (χ0) is 33.8. The van der Waals surface area contributed by atoms with Crippen molar-refractivity contribution in [3.05, 3.63) is 59.2 Å². The summed E-state index contributed by atoms with van der Waals surface area (Å²) < 4.78 is 6.49. The Morgan fingerprint density at radius 2 is 1.82 bits per heavy atom. The number of phenols is 1. The average Bonchev–Trinajstić information content (AvgIpc) is 3.79. The molecular weight excluding hydrogens is 650 g/mol. The van der Waals surface area contributed by atoms with Crippen LogP contribution in [-0.2, 0) is 27.8 Å². The summed E-state index contributed by atoms with van der Waals surface area (Å²) in [6, 6.07) is 9.78. The Morgan fingerprint density at radius 3 is 2.51 bits per heavy atom. The number of carbonyl (C=O) groups is 3. The van der Waals surface area contributed by atoms with Crippen LogP contribution in [0.4, 0.5) is 4.79 Å². The largest absolute Gasteiger partial charge is 0.504 e. The summed E-state index contributed by atoms with van der Waals surface area (Å²) >= 11 is 0. The summed E-state index contributed by atoms with van der Waals surface area (Å²) in [6.45, 7) is 5.52. The number of nitrogens with zero attached hydrogens (tertiary/aromatic N) is 2. The van der Waals surface area contributed by atoms with Gasteiger partial charge in [-0.2, -0.15) is 5.10 Å². The molecule has 1 spiro atoms. The Kier molecular flexibility index (Phi) is 9.60. The molecule has 0 aromatic heterocycles. The number of carboxylic acids is 1. The summed E-state index contributed by atoms with van der Waals surface area (Å²) in [5.41, 5.74) is 3.94. The smallest absolute Gasteiger partial charge is 0.335 e. The molecule has 2 aliphatic heterocycles. The highest BCUT2D eigenvalue weighted by atomic mass is 35.5. The third-order valence-electron chi connectivity index (χ3n) is 11.1. The molecule has 2 bridgehead atoms. The van der Waals surface area contributed by atoms with E-state index in [1.807, 2.05) is 50.2 Å². The van der Waals surface area contributed by atoms with Crippen molar-refractivity contribution in [3.8, 4) is 11.5 Å². The molecule has 13 heteroatoms. The second-order valence-corrected chi connectivity index (χ2v) is 14.7. The molecule has 2 aromatic carbocycles. The summed E-state index contributed by atoms with van der Waals surface area (Å²) in [7, 11) is 0. The standard InChI is InChI=1S/C36H45N5O7.ClH/c1-20(2)16-26(33(44)45)37-32(43)25(17-21-6-4-3-5-7-21)38-34(46)40-39-24-12-13-36(47)28-18-23-10-11-27(42)30-29(23)35(36,31(24)48-30)14-15-41(28)19-22-8-9-22;/h3-7,10-11,20,22,25-26,28,31,42,47H,8-9,12-19H2,1-2H3,(H,37,43)(H,44,45)(H2,38,40,46);1H/b39-24-;/t25?,26?,28?,31-,35?,36+;/m0./s1. The lowest BCUT2D eigenvalue weighted by Crippen LogP contribution is -2.76. The molecule has 49 heavy (non-hydrogen) atoms. The quantitative estimate of drug-likeness (QED) is 0.195. The van der Waals surface area contributed by atoms with Crippen molar-refractivity contribution in [1.29, 1.82) is 0 Å². The van der Waals surface area contributed by atoms with Gasteiger partial charge in [-0.3, -0.25) is 9.69 Å². The molecule has 3 amide bonds. The second-order valence-electron chi connectivity index (χ2n) is 14.7. The number of rotatable bonds is 11. The van der Waals surface area contributed by atoms with Gasteiger partial charge in [0.15, 0.2) is 17.6 Å². The van der Waals surface area contributed by atoms with E-state index in [9.17, 15) is 29.7 Å². The number of aliphatic hydroxyl groups is 1. The van der Waals surface area contributed by atoms with Gasteiger partial charge < -0.3 is 30.7 Å². The fourth-order valence-corrected chi connectivity index (χ4v) is 8.73. The van der Waals surface area contributed by atoms with Crippen molar-refractivity contribution in [2.45, 2.75) is 100 Å². The van der Waals surface area contributed by atoms with Crippen LogP contribution in [0, 0.1) is 11.8 Å². The van der Waals surface area contributed by atoms with Gasteiger partial charge in [0.25, 0.3) is 0 Å². The molecule has 6 atom stereocenters. The minimum atomic E-state index is -1.14. The summed E-state index contributed by atoms with van der Waals surface area (Å²) in [5, 5.41) is 43.0. The number of ether oxygens (including phenoxy) is 1. The Balaban J connectivity index is 0.00000417. The van der Waals surface area contributed by atoms with Crippen LogP contribution in [0.25, 0.3) is 0 Å². The topological polar surface area (TPSA) is 173 Å². The van der Waals surface area contributed by atoms with Gasteiger partial charge in [0, 0.05) is 24.6 Å². The number of benzene rings is 2. The van der Waals surface area contributed by atoms with E-state index in [2.05, 4.69) is 26.1 Å². The monoisotopic (exact) mass is 695 g/mol. The van der Waals surface area contributed by atoms with Gasteiger partial charge >= 0.3 is 12.0 Å². The predicted molar refractivity (Wildman–Crippen MR) is 184 cm³/mol. The van der Waals surface area contributed by atoms with Gasteiger partial charge in [-0.15, -0.1) is 12.4 Å². The number of piperidine rings is 1. The van der Waals surface area contributed by atoms with Crippen molar-refractivity contribution in [3.63, 3.8) is 0 Å². The van der Waals surface area contributed by atoms with E-state index in [0.717, 1.165) is 29.8 Å². The van der Waals surface area contributed by atoms with Gasteiger partial charge in [0.1, 0.15) is 12.1 Å². The van der Waals surface area contributed by atoms with Crippen LogP contribution >= 0.6 is 12.4 Å². The highest BCUT2D eigenvalue weighted by Crippen LogP contribution is 2.65. The number of carbonyl (C=O) groups excluding carboxylic acids is 2. The zero-order valence-corrected chi connectivity index (χ0v) is 28.7. The molecule has 7 rings (SSSR count). The molecule has 0 radical (unpaired) electrons. The number of hydrogen-bond acceptors (Lipinski definition) is 8. The van der Waals surface area contributed by atoms with E-state index in [4.69, 9.17) is 4.74 Å². The fourth-order valence-electron chi connectivity index (χ4n) is 8.73. The van der Waals surface area contributed by atoms with Crippen molar-refractivity contribution < 1.29 is 34.4 Å². The van der Waals surface area contributed by atoms with Gasteiger partial charge in [-0.1, -0.05) is 50.2 Å². The minimum Gasteiger partial charge on any atom is -0.504 e. The van der Waals surface area contributed by atoms with Crippen molar-refractivity contribution in [1.82, 2.24) is 21.0 Å². The van der Waals surface area contributed by atoms with Crippen LogP contribution in [0.3, 0.4) is 0 Å². The molecule has 12 nitrogen and oxygen atoms in total. The number of amides is 3.